The summed E-state index contributed by atoms with van der Waals surface area (Å²) in [6, 6.07) is 83.8. The van der Waals surface area contributed by atoms with Crippen LogP contribution in [0.25, 0.3) is 21.8 Å². The summed E-state index contributed by atoms with van der Waals surface area (Å²) >= 11 is 15.8. The van der Waals surface area contributed by atoms with Gasteiger partial charge in [0.15, 0.2) is 5.82 Å². The van der Waals surface area contributed by atoms with Crippen LogP contribution in [-0.2, 0) is 37.0 Å². The van der Waals surface area contributed by atoms with Crippen molar-refractivity contribution in [3.8, 4) is 11.5 Å². The van der Waals surface area contributed by atoms with Gasteiger partial charge in [-0.1, -0.05) is 229 Å². The molecule has 0 atom stereocenters. The van der Waals surface area contributed by atoms with Gasteiger partial charge in [0.2, 0.25) is 0 Å². The minimum Gasteiger partial charge on any atom is -0.497 e. The third kappa shape index (κ3) is 10.7. The lowest BCUT2D eigenvalue weighted by Gasteiger charge is -2.37. The van der Waals surface area contributed by atoms with Gasteiger partial charge >= 0.3 is 0 Å². The number of aromatic nitrogens is 6. The molecular formula is C70H59Cl2IN8O2. The summed E-state index contributed by atoms with van der Waals surface area (Å²) in [7, 11) is 3.37. The van der Waals surface area contributed by atoms with E-state index < -0.39 is 11.1 Å². The number of methoxy groups -OCH3 is 2. The molecule has 412 valence electrons. The zero-order valence-corrected chi connectivity index (χ0v) is 49.6. The minimum atomic E-state index is -0.752. The van der Waals surface area contributed by atoms with Crippen LogP contribution in [0.5, 0.6) is 11.5 Å². The van der Waals surface area contributed by atoms with E-state index in [2.05, 4.69) is 230 Å². The van der Waals surface area contributed by atoms with Gasteiger partial charge in [-0.3, -0.25) is 0 Å². The van der Waals surface area contributed by atoms with E-state index in [1.54, 1.807) is 14.2 Å². The number of halogens is 3. The van der Waals surface area contributed by atoms with Gasteiger partial charge in [0.1, 0.15) is 36.6 Å². The number of anilines is 1. The number of benzene rings is 8. The Morgan fingerprint density at radius 2 is 0.892 bits per heavy atom. The van der Waals surface area contributed by atoms with E-state index in [0.717, 1.165) is 120 Å². The molecule has 0 fully saturated rings. The molecule has 12 aromatic rings. The van der Waals surface area contributed by atoms with E-state index in [9.17, 15) is 0 Å². The quantitative estimate of drug-likeness (QED) is 0.0417. The monoisotopic (exact) mass is 1240 g/mol. The number of ether oxygens (including phenoxy) is 2. The molecule has 13 rings (SSSR count). The average molecular weight is 1240 g/mol. The second kappa shape index (κ2) is 24.6. The Bertz CT molecular complexity index is 3930. The summed E-state index contributed by atoms with van der Waals surface area (Å²) in [6.45, 7) is 3.03. The molecule has 0 unspecified atom stereocenters. The van der Waals surface area contributed by atoms with Crippen LogP contribution in [-0.4, -0.2) is 56.8 Å². The molecule has 0 bridgehead atoms. The number of nitrogens with zero attached hydrogens (tertiary/aromatic N) is 7. The normalized spacial score (nSPS) is 12.3. The molecule has 0 radical (unpaired) electrons. The molecule has 4 aromatic heterocycles. The highest BCUT2D eigenvalue weighted by Crippen LogP contribution is 2.47. The largest absolute Gasteiger partial charge is 0.497 e. The number of rotatable bonds is 17. The molecule has 0 saturated carbocycles. The van der Waals surface area contributed by atoms with Gasteiger partial charge in [0.25, 0.3) is 0 Å². The Morgan fingerprint density at radius 1 is 0.494 bits per heavy atom. The summed E-state index contributed by atoms with van der Waals surface area (Å²) in [4.78, 5) is 11.9. The first-order valence-corrected chi connectivity index (χ1v) is 29.5. The van der Waals surface area contributed by atoms with E-state index in [4.69, 9.17) is 52.8 Å². The lowest BCUT2D eigenvalue weighted by Crippen LogP contribution is -2.38. The van der Waals surface area contributed by atoms with Gasteiger partial charge in [0.05, 0.1) is 47.4 Å². The molecule has 10 nitrogen and oxygen atoms in total. The molecule has 0 aliphatic carbocycles. The molecule has 1 aliphatic rings. The number of fused-ring (bicyclic) bond motifs is 1. The van der Waals surface area contributed by atoms with Gasteiger partial charge in [-0.15, -0.1) is 0 Å². The second-order valence-corrected chi connectivity index (χ2v) is 22.2. The van der Waals surface area contributed by atoms with Crippen molar-refractivity contribution in [1.82, 2.24) is 34.8 Å². The van der Waals surface area contributed by atoms with Gasteiger partial charge in [-0.05, 0) is 91.4 Å². The highest BCUT2D eigenvalue weighted by atomic mass is 127. The first-order valence-electron chi connectivity index (χ1n) is 27.7. The molecule has 0 saturated heterocycles. The predicted molar refractivity (Wildman–Crippen MR) is 343 cm³/mol. The zero-order valence-electron chi connectivity index (χ0n) is 45.9. The van der Waals surface area contributed by atoms with E-state index >= 15 is 0 Å². The van der Waals surface area contributed by atoms with Crippen LogP contribution in [0.1, 0.15) is 55.9 Å². The molecule has 1 N–H and O–H groups in total. The van der Waals surface area contributed by atoms with Crippen LogP contribution in [0.3, 0.4) is 0 Å². The van der Waals surface area contributed by atoms with Gasteiger partial charge in [0, 0.05) is 51.2 Å². The number of hydrogen-bond donors (Lipinski definition) is 1. The molecule has 0 spiro atoms. The summed E-state index contributed by atoms with van der Waals surface area (Å²) in [5.74, 6) is 2.63. The number of nitrogens with one attached hydrogen (secondary N) is 1. The zero-order chi connectivity index (χ0) is 56.8. The fourth-order valence-electron chi connectivity index (χ4n) is 11.8. The third-order valence-corrected chi connectivity index (χ3v) is 16.8. The molecule has 0 amide bonds. The topological polar surface area (TPSA) is 95.2 Å². The van der Waals surface area contributed by atoms with Crippen molar-refractivity contribution < 1.29 is 9.47 Å². The maximum Gasteiger partial charge on any atom is 0.160 e. The van der Waals surface area contributed by atoms with E-state index in [0.29, 0.717) is 16.7 Å². The summed E-state index contributed by atoms with van der Waals surface area (Å²) in [5, 5.41) is 17.3. The molecule has 13 heteroatoms. The molecule has 5 heterocycles. The van der Waals surface area contributed by atoms with Crippen LogP contribution >= 0.6 is 45.8 Å². The van der Waals surface area contributed by atoms with Crippen molar-refractivity contribution in [3.05, 3.63) is 313 Å². The third-order valence-electron chi connectivity index (χ3n) is 15.6. The summed E-state index contributed by atoms with van der Waals surface area (Å²) in [6.07, 6.45) is 1.50. The lowest BCUT2D eigenvalue weighted by atomic mass is 9.77. The Kier molecular flexibility index (Phi) is 16.4. The minimum absolute atomic E-state index is 0.452. The smallest absolute Gasteiger partial charge is 0.160 e. The average Bonchev–Trinajstić information content (AvgIpc) is 3.01. The predicted octanol–water partition coefficient (Wildman–Crippen LogP) is 15.4. The molecular weight excluding hydrogens is 1180 g/mol. The van der Waals surface area contributed by atoms with Crippen LogP contribution in [0, 0.1) is 3.70 Å². The standard InChI is InChI=1S/C35H30ClIN4O.C35H29ClN4O/c1-42-29-19-17-25(18-20-29)24-38-22-21-30-33-31(23-32(36)39-30)41(40-34(33)37)35(26-11-5-2-6-12-26,27-13-7-3-8-14-27)28-15-9-4-10-16-28;1-41-29-19-17-25(18-20-29)24-39-22-21-30-33-31(23-32(36)37-30)40(38-34(33)39)35(26-11-5-2-6-12-26,27-13-7-3-8-14-27)28-15-9-4-10-16-28/h2-20,23,38H,21-22,24H2,1H3;2-20,23H,21-22,24H2,1H3. The first-order chi connectivity index (χ1) is 40.8. The Balaban J connectivity index is 0.000000164. The Labute approximate surface area is 507 Å². The first kappa shape index (κ1) is 55.2. The van der Waals surface area contributed by atoms with Gasteiger partial charge in [-0.25, -0.2) is 19.3 Å². The van der Waals surface area contributed by atoms with Crippen LogP contribution in [0.4, 0.5) is 5.82 Å². The second-order valence-electron chi connectivity index (χ2n) is 20.4. The van der Waals surface area contributed by atoms with Gasteiger partial charge in [-0.2, -0.15) is 10.2 Å². The van der Waals surface area contributed by atoms with E-state index in [1.165, 1.54) is 11.1 Å². The van der Waals surface area contributed by atoms with Crippen molar-refractivity contribution in [2.75, 3.05) is 32.2 Å². The Morgan fingerprint density at radius 3 is 1.33 bits per heavy atom. The van der Waals surface area contributed by atoms with Crippen molar-refractivity contribution in [3.63, 3.8) is 0 Å². The van der Waals surface area contributed by atoms with Crippen LogP contribution < -0.4 is 19.7 Å². The van der Waals surface area contributed by atoms with E-state index in [1.807, 2.05) is 54.6 Å². The summed E-state index contributed by atoms with van der Waals surface area (Å²) < 4.78 is 15.9. The number of pyridine rings is 2. The van der Waals surface area contributed by atoms with Crippen molar-refractivity contribution in [2.45, 2.75) is 37.0 Å². The SMILES string of the molecule is COc1ccc(CN2CCc3nc(Cl)cc4c3c2nn4C(c2ccccc2)(c2ccccc2)c2ccccc2)cc1.COc1ccc(CNCCc2nc(Cl)cc3c2c(I)nn3C(c2ccccc2)(c2ccccc2)c2ccccc2)cc1. The van der Waals surface area contributed by atoms with Crippen molar-refractivity contribution in [2.24, 2.45) is 0 Å². The fourth-order valence-corrected chi connectivity index (χ4v) is 13.0. The van der Waals surface area contributed by atoms with Crippen LogP contribution in [0.2, 0.25) is 10.3 Å². The Hall–Kier alpha value is -8.33. The van der Waals surface area contributed by atoms with E-state index in [-0.39, 0.29) is 0 Å². The van der Waals surface area contributed by atoms with Crippen molar-refractivity contribution >= 4 is 73.4 Å². The molecule has 83 heavy (non-hydrogen) atoms. The lowest BCUT2D eigenvalue weighted by molar-refractivity contribution is 0.414. The number of hydrogen-bond acceptors (Lipinski definition) is 8. The fraction of sp³-hybridized carbons (Fsp3) is 0.143. The molecule has 1 aliphatic heterocycles. The van der Waals surface area contributed by atoms with Gasteiger partial charge < -0.3 is 19.7 Å². The van der Waals surface area contributed by atoms with Crippen LogP contribution in [0.15, 0.2) is 243 Å². The van der Waals surface area contributed by atoms with Crippen molar-refractivity contribution in [1.29, 1.82) is 0 Å². The maximum absolute atomic E-state index is 6.74. The highest BCUT2D eigenvalue weighted by Gasteiger charge is 2.43. The summed E-state index contributed by atoms with van der Waals surface area (Å²) in [5.41, 5.74) is 11.4. The maximum atomic E-state index is 6.74. The molecule has 8 aromatic carbocycles. The highest BCUT2D eigenvalue weighted by molar-refractivity contribution is 14.1.